The van der Waals surface area contributed by atoms with Gasteiger partial charge in [-0.3, -0.25) is 0 Å². The second kappa shape index (κ2) is 2.73. The molecule has 14 heavy (non-hydrogen) atoms. The summed E-state index contributed by atoms with van der Waals surface area (Å²) < 4.78 is 11.2. The molecule has 2 saturated heterocycles. The van der Waals surface area contributed by atoms with Gasteiger partial charge in [0, 0.05) is 0 Å². The predicted molar refractivity (Wildman–Crippen MR) is 52.0 cm³/mol. The van der Waals surface area contributed by atoms with Crippen LogP contribution in [-0.4, -0.2) is 24.4 Å². The lowest BCUT2D eigenvalue weighted by atomic mass is 9.73. The van der Waals surface area contributed by atoms with E-state index in [0.29, 0.717) is 24.4 Å². The quantitative estimate of drug-likeness (QED) is 0.597. The Hall–Kier alpha value is -0.0800. The fraction of sp³-hybridized carbons (Fsp3) is 1.00. The molecular formula is C12H18O2. The van der Waals surface area contributed by atoms with Crippen molar-refractivity contribution in [1.29, 1.82) is 0 Å². The largest absolute Gasteiger partial charge is 0.370 e. The molecule has 0 N–H and O–H groups in total. The van der Waals surface area contributed by atoms with Crippen LogP contribution in [0.1, 0.15) is 38.5 Å². The van der Waals surface area contributed by atoms with E-state index in [-0.39, 0.29) is 0 Å². The molecule has 0 aromatic carbocycles. The molecule has 0 spiro atoms. The van der Waals surface area contributed by atoms with Gasteiger partial charge in [-0.15, -0.1) is 0 Å². The van der Waals surface area contributed by atoms with Gasteiger partial charge in [0.25, 0.3) is 0 Å². The highest BCUT2D eigenvalue weighted by Crippen LogP contribution is 2.48. The first kappa shape index (κ1) is 8.12. The van der Waals surface area contributed by atoms with Crippen molar-refractivity contribution < 1.29 is 9.47 Å². The maximum absolute atomic E-state index is 5.60. The third-order valence-corrected chi connectivity index (χ3v) is 4.76. The fourth-order valence-electron chi connectivity index (χ4n) is 3.73. The van der Waals surface area contributed by atoms with Crippen LogP contribution in [-0.2, 0) is 9.47 Å². The number of rotatable bonds is 1. The summed E-state index contributed by atoms with van der Waals surface area (Å²) in [6.45, 7) is 0. The summed E-state index contributed by atoms with van der Waals surface area (Å²) in [6.07, 6.45) is 10.9. The molecule has 4 fully saturated rings. The first-order valence-electron chi connectivity index (χ1n) is 6.21. The Morgan fingerprint density at radius 1 is 0.571 bits per heavy atom. The Labute approximate surface area is 85.0 Å². The molecular weight excluding hydrogens is 176 g/mol. The number of epoxide rings is 2. The van der Waals surface area contributed by atoms with Crippen LogP contribution < -0.4 is 0 Å². The van der Waals surface area contributed by atoms with Crippen LogP contribution in [0, 0.1) is 11.8 Å². The van der Waals surface area contributed by atoms with E-state index in [2.05, 4.69) is 0 Å². The van der Waals surface area contributed by atoms with Gasteiger partial charge in [-0.05, 0) is 50.4 Å². The monoisotopic (exact) mass is 194 g/mol. The average molecular weight is 194 g/mol. The first-order chi connectivity index (χ1) is 6.90. The molecule has 2 aliphatic heterocycles. The second-order valence-corrected chi connectivity index (χ2v) is 5.57. The first-order valence-corrected chi connectivity index (χ1v) is 6.21. The van der Waals surface area contributed by atoms with E-state index >= 15 is 0 Å². The number of fused-ring (bicyclic) bond motifs is 2. The SMILES string of the molecule is C1CC2OC2CC1C1CC[C@@H]2OC2C1. The molecule has 6 atom stereocenters. The van der Waals surface area contributed by atoms with E-state index in [0.717, 1.165) is 11.8 Å². The number of ether oxygens (including phenoxy) is 2. The van der Waals surface area contributed by atoms with Crippen molar-refractivity contribution in [2.45, 2.75) is 62.9 Å². The second-order valence-electron chi connectivity index (χ2n) is 5.57. The summed E-state index contributed by atoms with van der Waals surface area (Å²) in [5.74, 6) is 1.92. The highest BCUT2D eigenvalue weighted by Gasteiger charge is 2.49. The van der Waals surface area contributed by atoms with Gasteiger partial charge < -0.3 is 9.47 Å². The summed E-state index contributed by atoms with van der Waals surface area (Å²) in [5, 5.41) is 0. The van der Waals surface area contributed by atoms with E-state index in [1.54, 1.807) is 0 Å². The smallest absolute Gasteiger partial charge is 0.0844 e. The van der Waals surface area contributed by atoms with Gasteiger partial charge in [0.05, 0.1) is 24.4 Å². The van der Waals surface area contributed by atoms with E-state index < -0.39 is 0 Å². The van der Waals surface area contributed by atoms with Crippen LogP contribution >= 0.6 is 0 Å². The standard InChI is InChI=1S/C12H18O2/c1-3-9-11(13-9)5-7(1)8-2-4-10-12(6-8)14-10/h7-12H,1-6H2/t7?,8?,9-,10?,11?,12?/m0/s1. The van der Waals surface area contributed by atoms with Crippen molar-refractivity contribution >= 4 is 0 Å². The van der Waals surface area contributed by atoms with Crippen molar-refractivity contribution in [2.24, 2.45) is 11.8 Å². The minimum absolute atomic E-state index is 0.659. The van der Waals surface area contributed by atoms with Crippen LogP contribution in [0.15, 0.2) is 0 Å². The van der Waals surface area contributed by atoms with Crippen molar-refractivity contribution in [1.82, 2.24) is 0 Å². The fourth-order valence-corrected chi connectivity index (χ4v) is 3.73. The average Bonchev–Trinajstić information content (AvgIpc) is 3.10. The molecule has 0 radical (unpaired) electrons. The lowest BCUT2D eigenvalue weighted by molar-refractivity contribution is 0.217. The summed E-state index contributed by atoms with van der Waals surface area (Å²) >= 11 is 0. The number of hydrogen-bond acceptors (Lipinski definition) is 2. The topological polar surface area (TPSA) is 25.1 Å². The molecule has 2 saturated carbocycles. The summed E-state index contributed by atoms with van der Waals surface area (Å²) in [5.41, 5.74) is 0. The van der Waals surface area contributed by atoms with Gasteiger partial charge in [0.2, 0.25) is 0 Å². The maximum Gasteiger partial charge on any atom is 0.0844 e. The van der Waals surface area contributed by atoms with Gasteiger partial charge in [-0.25, -0.2) is 0 Å². The van der Waals surface area contributed by atoms with Crippen LogP contribution in [0.25, 0.3) is 0 Å². The zero-order valence-corrected chi connectivity index (χ0v) is 8.52. The Morgan fingerprint density at radius 2 is 1.07 bits per heavy atom. The zero-order chi connectivity index (χ0) is 9.12. The summed E-state index contributed by atoms with van der Waals surface area (Å²) in [4.78, 5) is 0. The summed E-state index contributed by atoms with van der Waals surface area (Å²) in [6, 6.07) is 0. The summed E-state index contributed by atoms with van der Waals surface area (Å²) in [7, 11) is 0. The molecule has 2 aliphatic carbocycles. The van der Waals surface area contributed by atoms with Crippen molar-refractivity contribution in [3.63, 3.8) is 0 Å². The van der Waals surface area contributed by atoms with E-state index in [1.165, 1.54) is 38.5 Å². The van der Waals surface area contributed by atoms with Crippen LogP contribution in [0.5, 0.6) is 0 Å². The van der Waals surface area contributed by atoms with Gasteiger partial charge >= 0.3 is 0 Å². The molecule has 2 nitrogen and oxygen atoms in total. The molecule has 0 bridgehead atoms. The van der Waals surface area contributed by atoms with Gasteiger partial charge in [0.15, 0.2) is 0 Å². The van der Waals surface area contributed by atoms with E-state index in [4.69, 9.17) is 9.47 Å². The van der Waals surface area contributed by atoms with Gasteiger partial charge in [0.1, 0.15) is 0 Å². The molecule has 78 valence electrons. The van der Waals surface area contributed by atoms with Crippen LogP contribution in [0.2, 0.25) is 0 Å². The van der Waals surface area contributed by atoms with E-state index in [9.17, 15) is 0 Å². The number of hydrogen-bond donors (Lipinski definition) is 0. The molecule has 4 rings (SSSR count). The lowest BCUT2D eigenvalue weighted by Gasteiger charge is -2.30. The highest BCUT2D eigenvalue weighted by atomic mass is 16.6. The normalized spacial score (nSPS) is 60.0. The third kappa shape index (κ3) is 1.24. The highest BCUT2D eigenvalue weighted by molar-refractivity contribution is 4.98. The van der Waals surface area contributed by atoms with Crippen LogP contribution in [0.4, 0.5) is 0 Å². The predicted octanol–water partition coefficient (Wildman–Crippen LogP) is 2.12. The van der Waals surface area contributed by atoms with Crippen LogP contribution in [0.3, 0.4) is 0 Å². The lowest BCUT2D eigenvalue weighted by Crippen LogP contribution is -2.26. The molecule has 5 unspecified atom stereocenters. The zero-order valence-electron chi connectivity index (χ0n) is 8.52. The van der Waals surface area contributed by atoms with Crippen molar-refractivity contribution in [2.75, 3.05) is 0 Å². The molecule has 2 heterocycles. The molecule has 4 aliphatic rings. The molecule has 0 amide bonds. The minimum Gasteiger partial charge on any atom is -0.370 e. The Bertz CT molecular complexity index is 227. The Kier molecular flexibility index (Phi) is 1.58. The molecule has 0 aromatic rings. The third-order valence-electron chi connectivity index (χ3n) is 4.76. The van der Waals surface area contributed by atoms with Gasteiger partial charge in [-0.2, -0.15) is 0 Å². The minimum atomic E-state index is 0.659. The molecule has 2 heteroatoms. The maximum atomic E-state index is 5.60. The Balaban J connectivity index is 1.41. The van der Waals surface area contributed by atoms with Crippen molar-refractivity contribution in [3.05, 3.63) is 0 Å². The van der Waals surface area contributed by atoms with Gasteiger partial charge in [-0.1, -0.05) is 0 Å². The molecule has 0 aromatic heterocycles. The van der Waals surface area contributed by atoms with Crippen molar-refractivity contribution in [3.8, 4) is 0 Å². The van der Waals surface area contributed by atoms with E-state index in [1.807, 2.05) is 0 Å². The Morgan fingerprint density at radius 3 is 1.50 bits per heavy atom.